The standard InChI is InChI=1S/C14H9ClFIO2/c1-19-13-5-3-9(7-11(13)16)14(18)8-2-4-12(17)10(15)6-8/h2-7H,1H3. The first-order chi connectivity index (χ1) is 9.02. The van der Waals surface area contributed by atoms with Gasteiger partial charge in [0.05, 0.1) is 12.1 Å². The Bertz CT molecular complexity index is 643. The summed E-state index contributed by atoms with van der Waals surface area (Å²) in [5, 5.41) is 0.500. The van der Waals surface area contributed by atoms with Crippen molar-refractivity contribution in [1.29, 1.82) is 0 Å². The second-order valence-electron chi connectivity index (χ2n) is 3.81. The Morgan fingerprint density at radius 2 is 1.84 bits per heavy atom. The van der Waals surface area contributed by atoms with E-state index in [0.717, 1.165) is 9.64 Å². The number of benzene rings is 2. The first kappa shape index (κ1) is 14.3. The molecule has 2 aromatic rings. The van der Waals surface area contributed by atoms with E-state index in [1.54, 1.807) is 18.2 Å². The Kier molecular flexibility index (Phi) is 4.42. The smallest absolute Gasteiger partial charge is 0.193 e. The second kappa shape index (κ2) is 5.88. The molecule has 2 aromatic carbocycles. The van der Waals surface area contributed by atoms with Crippen LogP contribution in [0.5, 0.6) is 5.75 Å². The maximum absolute atomic E-state index is 13.6. The van der Waals surface area contributed by atoms with Gasteiger partial charge >= 0.3 is 0 Å². The van der Waals surface area contributed by atoms with Crippen LogP contribution in [-0.2, 0) is 0 Å². The molecule has 0 bridgehead atoms. The number of halogens is 3. The lowest BCUT2D eigenvalue weighted by Crippen LogP contribution is -2.02. The molecule has 0 aliphatic rings. The average Bonchev–Trinajstić information content (AvgIpc) is 2.41. The van der Waals surface area contributed by atoms with Crippen LogP contribution in [0.25, 0.3) is 0 Å². The molecular weight excluding hydrogens is 382 g/mol. The molecule has 0 amide bonds. The Hall–Kier alpha value is -1.14. The highest BCUT2D eigenvalue weighted by atomic mass is 127. The molecule has 0 N–H and O–H groups in total. The van der Waals surface area contributed by atoms with Crippen LogP contribution in [0.4, 0.5) is 4.39 Å². The molecule has 0 saturated carbocycles. The zero-order valence-corrected chi connectivity index (χ0v) is 12.8. The minimum absolute atomic E-state index is 0.109. The van der Waals surface area contributed by atoms with Crippen molar-refractivity contribution in [2.24, 2.45) is 0 Å². The van der Waals surface area contributed by atoms with Gasteiger partial charge in [0.2, 0.25) is 0 Å². The molecule has 0 radical (unpaired) electrons. The van der Waals surface area contributed by atoms with Crippen molar-refractivity contribution >= 4 is 40.0 Å². The summed E-state index contributed by atoms with van der Waals surface area (Å²) in [7, 11) is 1.37. The van der Waals surface area contributed by atoms with Crippen molar-refractivity contribution in [2.45, 2.75) is 0 Å². The minimum atomic E-state index is -0.565. The molecule has 0 heterocycles. The summed E-state index contributed by atoms with van der Waals surface area (Å²) in [6, 6.07) is 9.10. The minimum Gasteiger partial charge on any atom is -0.494 e. The van der Waals surface area contributed by atoms with E-state index in [2.05, 4.69) is 22.6 Å². The van der Waals surface area contributed by atoms with Gasteiger partial charge in [-0.05, 0) is 59.0 Å². The van der Waals surface area contributed by atoms with Crippen LogP contribution in [0.15, 0.2) is 36.4 Å². The summed E-state index contributed by atoms with van der Waals surface area (Å²) in [4.78, 5) is 12.2. The highest BCUT2D eigenvalue weighted by Crippen LogP contribution is 2.23. The monoisotopic (exact) mass is 390 g/mol. The molecule has 98 valence electrons. The third-order valence-corrected chi connectivity index (χ3v) is 4.17. The number of methoxy groups -OCH3 is 1. The zero-order chi connectivity index (χ0) is 14.0. The summed E-state index contributed by atoms with van der Waals surface area (Å²) < 4.78 is 19.2. The largest absolute Gasteiger partial charge is 0.494 e. The van der Waals surface area contributed by atoms with Gasteiger partial charge in [-0.2, -0.15) is 0 Å². The molecule has 0 spiro atoms. The van der Waals surface area contributed by atoms with Crippen LogP contribution in [0.2, 0.25) is 5.02 Å². The molecule has 0 unspecified atom stereocenters. The van der Waals surface area contributed by atoms with Crippen molar-refractivity contribution < 1.29 is 13.9 Å². The molecule has 0 saturated heterocycles. The number of carbonyl (C=O) groups excluding carboxylic acids is 1. The van der Waals surface area contributed by atoms with Crippen molar-refractivity contribution in [3.8, 4) is 5.75 Å². The maximum Gasteiger partial charge on any atom is 0.193 e. The second-order valence-corrected chi connectivity index (χ2v) is 5.38. The first-order valence-corrected chi connectivity index (χ1v) is 6.82. The molecule has 0 fully saturated rings. The Morgan fingerprint density at radius 1 is 1.21 bits per heavy atom. The van der Waals surface area contributed by atoms with Crippen LogP contribution in [-0.4, -0.2) is 12.9 Å². The molecule has 2 rings (SSSR count). The number of ether oxygens (including phenoxy) is 1. The number of ketones is 1. The normalized spacial score (nSPS) is 10.3. The van der Waals surface area contributed by atoms with Gasteiger partial charge in [-0.3, -0.25) is 4.79 Å². The van der Waals surface area contributed by atoms with E-state index >= 15 is 0 Å². The maximum atomic E-state index is 13.6. The lowest BCUT2D eigenvalue weighted by molar-refractivity contribution is 0.103. The van der Waals surface area contributed by atoms with Gasteiger partial charge in [-0.1, -0.05) is 11.6 Å². The molecule has 0 aliphatic carbocycles. The molecular formula is C14H9ClFIO2. The van der Waals surface area contributed by atoms with Gasteiger partial charge in [-0.25, -0.2) is 4.39 Å². The predicted octanol–water partition coefficient (Wildman–Crippen LogP) is 4.32. The topological polar surface area (TPSA) is 26.3 Å². The van der Waals surface area contributed by atoms with Gasteiger partial charge in [0, 0.05) is 14.7 Å². The number of carbonyl (C=O) groups is 1. The first-order valence-electron chi connectivity index (χ1n) is 5.36. The third-order valence-electron chi connectivity index (χ3n) is 2.60. The van der Waals surface area contributed by atoms with E-state index in [4.69, 9.17) is 16.3 Å². The molecule has 0 atom stereocenters. The highest BCUT2D eigenvalue weighted by molar-refractivity contribution is 14.1. The summed E-state index contributed by atoms with van der Waals surface area (Å²) in [5.74, 6) is -0.734. The van der Waals surface area contributed by atoms with E-state index < -0.39 is 5.82 Å². The zero-order valence-electron chi connectivity index (χ0n) is 9.91. The van der Waals surface area contributed by atoms with Gasteiger partial charge in [0.15, 0.2) is 17.3 Å². The average molecular weight is 391 g/mol. The molecule has 19 heavy (non-hydrogen) atoms. The molecule has 0 aliphatic heterocycles. The number of hydrogen-bond donors (Lipinski definition) is 0. The quantitative estimate of drug-likeness (QED) is 0.576. The van der Waals surface area contributed by atoms with Gasteiger partial charge in [-0.15, -0.1) is 0 Å². The predicted molar refractivity (Wildman–Crippen MR) is 80.6 cm³/mol. The summed E-state index contributed by atoms with van der Waals surface area (Å²) >= 11 is 8.04. The Morgan fingerprint density at radius 3 is 2.42 bits per heavy atom. The summed E-state index contributed by atoms with van der Waals surface area (Å²) in [6.45, 7) is 0. The van der Waals surface area contributed by atoms with Crippen molar-refractivity contribution in [3.05, 3.63) is 61.9 Å². The van der Waals surface area contributed by atoms with E-state index in [1.165, 1.54) is 19.2 Å². The molecule has 5 heteroatoms. The van der Waals surface area contributed by atoms with Crippen LogP contribution in [0, 0.1) is 9.39 Å². The fraction of sp³-hybridized carbons (Fsp3) is 0.0714. The Labute approximate surface area is 128 Å². The van der Waals surface area contributed by atoms with E-state index in [-0.39, 0.29) is 17.1 Å². The number of hydrogen-bond acceptors (Lipinski definition) is 2. The summed E-state index contributed by atoms with van der Waals surface area (Å²) in [5.41, 5.74) is 0.686. The summed E-state index contributed by atoms with van der Waals surface area (Å²) in [6.07, 6.45) is 0. The van der Waals surface area contributed by atoms with Gasteiger partial charge < -0.3 is 4.74 Å². The third kappa shape index (κ3) is 3.06. The van der Waals surface area contributed by atoms with Crippen molar-refractivity contribution in [1.82, 2.24) is 0 Å². The molecule has 0 aromatic heterocycles. The van der Waals surface area contributed by atoms with E-state index in [0.29, 0.717) is 10.6 Å². The number of rotatable bonds is 3. The SMILES string of the molecule is COc1ccc(C(=O)c2ccc(I)c(Cl)c2)cc1F. The lowest BCUT2D eigenvalue weighted by atomic mass is 10.0. The van der Waals surface area contributed by atoms with Crippen LogP contribution in [0.1, 0.15) is 15.9 Å². The highest BCUT2D eigenvalue weighted by Gasteiger charge is 2.13. The van der Waals surface area contributed by atoms with Crippen LogP contribution < -0.4 is 4.74 Å². The Balaban J connectivity index is 2.38. The fourth-order valence-electron chi connectivity index (χ4n) is 1.61. The lowest BCUT2D eigenvalue weighted by Gasteiger charge is -2.05. The van der Waals surface area contributed by atoms with Crippen molar-refractivity contribution in [2.75, 3.05) is 7.11 Å². The molecule has 2 nitrogen and oxygen atoms in total. The fourth-order valence-corrected chi connectivity index (χ4v) is 2.13. The van der Waals surface area contributed by atoms with E-state index in [1.807, 2.05) is 0 Å². The van der Waals surface area contributed by atoms with E-state index in [9.17, 15) is 9.18 Å². The van der Waals surface area contributed by atoms with Crippen LogP contribution in [0.3, 0.4) is 0 Å². The van der Waals surface area contributed by atoms with Gasteiger partial charge in [0.25, 0.3) is 0 Å². The van der Waals surface area contributed by atoms with Crippen LogP contribution >= 0.6 is 34.2 Å². The van der Waals surface area contributed by atoms with Crippen molar-refractivity contribution in [3.63, 3.8) is 0 Å². The van der Waals surface area contributed by atoms with Gasteiger partial charge in [0.1, 0.15) is 0 Å².